The normalized spacial score (nSPS) is 12.5. The zero-order valence-corrected chi connectivity index (χ0v) is 22.3. The minimum absolute atomic E-state index is 0.0323. The number of aryl methyl sites for hydroxylation is 1. The monoisotopic (exact) mass is 598 g/mol. The topological polar surface area (TPSA) is 139 Å². The molecule has 0 fully saturated rings. The first kappa shape index (κ1) is 26.8. The van der Waals surface area contributed by atoms with Crippen LogP contribution in [-0.2, 0) is 9.53 Å². The third-order valence-electron chi connectivity index (χ3n) is 4.68. The molecule has 1 aromatic heterocycles. The lowest BCUT2D eigenvalue weighted by Gasteiger charge is -2.18. The van der Waals surface area contributed by atoms with Gasteiger partial charge in [0, 0.05) is 40.7 Å². The Morgan fingerprint density at radius 1 is 1.42 bits per heavy atom. The van der Waals surface area contributed by atoms with Gasteiger partial charge in [-0.1, -0.05) is 24.2 Å². The third kappa shape index (κ3) is 6.31. The van der Waals surface area contributed by atoms with Crippen LogP contribution in [0, 0.1) is 12.3 Å². The third-order valence-corrected chi connectivity index (χ3v) is 6.06. The van der Waals surface area contributed by atoms with Crippen molar-refractivity contribution in [2.45, 2.75) is 20.8 Å². The summed E-state index contributed by atoms with van der Waals surface area (Å²) in [5, 5.41) is 11.6. The molecule has 1 heterocycles. The van der Waals surface area contributed by atoms with Crippen molar-refractivity contribution in [3.63, 3.8) is 0 Å². The Morgan fingerprint density at radius 3 is 2.70 bits per heavy atom. The first-order chi connectivity index (χ1) is 15.7. The standard InChI is InChI=1S/C22H25ClIN6O2P/c1-5-32-22(31)12(3)19(26)20(28-13(4)14-7-9-17(23)29-21(14)27)18-11(2)6-8-16(30-33-24)15(18)10-25/h6-10,25,30,33H,3,5,26H2,1-2,4H3,(H2,27,29)/b20-19+,25-10?,28-13?. The molecular weight excluding hydrogens is 574 g/mol. The number of hydrogen-bond donors (Lipinski definition) is 4. The van der Waals surface area contributed by atoms with Gasteiger partial charge in [-0.3, -0.25) is 4.99 Å². The lowest BCUT2D eigenvalue weighted by molar-refractivity contribution is -0.138. The number of carbonyl (C=O) groups is 1. The van der Waals surface area contributed by atoms with E-state index in [1.54, 1.807) is 26.0 Å². The molecule has 0 saturated heterocycles. The van der Waals surface area contributed by atoms with Gasteiger partial charge < -0.3 is 26.7 Å². The number of pyridine rings is 1. The molecule has 0 saturated carbocycles. The highest BCUT2D eigenvalue weighted by Gasteiger charge is 2.22. The maximum absolute atomic E-state index is 12.4. The van der Waals surface area contributed by atoms with Crippen LogP contribution in [0.5, 0.6) is 0 Å². The van der Waals surface area contributed by atoms with E-state index in [4.69, 9.17) is 38.2 Å². The second-order valence-electron chi connectivity index (χ2n) is 6.81. The highest BCUT2D eigenvalue weighted by molar-refractivity contribution is 14.2. The summed E-state index contributed by atoms with van der Waals surface area (Å²) in [6, 6.07) is 7.09. The molecule has 2 rings (SSSR count). The van der Waals surface area contributed by atoms with E-state index >= 15 is 0 Å². The second-order valence-corrected chi connectivity index (χ2v) is 9.25. The Kier molecular flexibility index (Phi) is 9.82. The Balaban J connectivity index is 2.86. The zero-order valence-electron chi connectivity index (χ0n) is 18.4. The van der Waals surface area contributed by atoms with Crippen molar-refractivity contribution in [3.8, 4) is 0 Å². The molecule has 0 aliphatic carbocycles. The highest BCUT2D eigenvalue weighted by Crippen LogP contribution is 2.35. The Hall–Kier alpha value is -2.49. The number of nitrogens with zero attached hydrogens (tertiary/aromatic N) is 2. The van der Waals surface area contributed by atoms with Crippen molar-refractivity contribution in [1.29, 1.82) is 5.41 Å². The maximum atomic E-state index is 12.4. The van der Waals surface area contributed by atoms with Gasteiger partial charge in [0.05, 0.1) is 23.6 Å². The molecule has 0 bridgehead atoms. The molecule has 174 valence electrons. The number of aromatic nitrogens is 1. The SMILES string of the molecule is C=C(C(=O)OCC)/C(N)=C(\N=C(C)c1ccc(Cl)nc1N)c1c(C)ccc(NPI)c1C=N. The number of halogens is 2. The molecule has 2 aromatic rings. The van der Waals surface area contributed by atoms with Crippen molar-refractivity contribution in [3.05, 3.63) is 69.5 Å². The summed E-state index contributed by atoms with van der Waals surface area (Å²) in [4.78, 5) is 21.2. The van der Waals surface area contributed by atoms with Crippen molar-refractivity contribution in [2.24, 2.45) is 10.7 Å². The van der Waals surface area contributed by atoms with Gasteiger partial charge in [-0.25, -0.2) is 9.78 Å². The Labute approximate surface area is 212 Å². The average Bonchev–Trinajstić information content (AvgIpc) is 2.77. The summed E-state index contributed by atoms with van der Waals surface area (Å²) < 4.78 is 5.08. The van der Waals surface area contributed by atoms with Crippen LogP contribution in [-0.4, -0.2) is 29.5 Å². The number of nitrogen functional groups attached to an aromatic ring is 1. The van der Waals surface area contributed by atoms with Gasteiger partial charge in [0.25, 0.3) is 0 Å². The molecule has 0 aliphatic rings. The van der Waals surface area contributed by atoms with E-state index in [9.17, 15) is 4.79 Å². The van der Waals surface area contributed by atoms with Gasteiger partial charge in [0.1, 0.15) is 11.0 Å². The maximum Gasteiger partial charge on any atom is 0.339 e. The van der Waals surface area contributed by atoms with E-state index in [0.29, 0.717) is 28.8 Å². The molecule has 0 spiro atoms. The minimum Gasteiger partial charge on any atom is -0.462 e. The van der Waals surface area contributed by atoms with Crippen LogP contribution in [0.3, 0.4) is 0 Å². The molecule has 8 nitrogen and oxygen atoms in total. The first-order valence-electron chi connectivity index (χ1n) is 9.76. The summed E-state index contributed by atoms with van der Waals surface area (Å²) in [5.41, 5.74) is 16.5. The predicted octanol–water partition coefficient (Wildman–Crippen LogP) is 5.23. The van der Waals surface area contributed by atoms with Crippen LogP contribution < -0.4 is 16.6 Å². The van der Waals surface area contributed by atoms with Gasteiger partial charge in [-0.05, 0) is 66.6 Å². The predicted molar refractivity (Wildman–Crippen MR) is 148 cm³/mol. The molecule has 1 aromatic carbocycles. The summed E-state index contributed by atoms with van der Waals surface area (Å²) in [7, 11) is 0. The lowest BCUT2D eigenvalue weighted by atomic mass is 9.95. The summed E-state index contributed by atoms with van der Waals surface area (Å²) in [6.07, 6.45) is 1.61. The van der Waals surface area contributed by atoms with E-state index in [2.05, 4.69) is 38.7 Å². The quantitative estimate of drug-likeness (QED) is 0.0593. The Bertz CT molecular complexity index is 1170. The molecule has 0 radical (unpaired) electrons. The molecule has 33 heavy (non-hydrogen) atoms. The zero-order chi connectivity index (χ0) is 24.7. The molecule has 11 heteroatoms. The van der Waals surface area contributed by atoms with E-state index < -0.39 is 5.97 Å². The van der Waals surface area contributed by atoms with Crippen LogP contribution in [0.4, 0.5) is 11.5 Å². The van der Waals surface area contributed by atoms with Crippen molar-refractivity contribution in [2.75, 3.05) is 17.4 Å². The molecule has 0 amide bonds. The number of benzene rings is 1. The molecule has 6 N–H and O–H groups in total. The van der Waals surface area contributed by atoms with Crippen molar-refractivity contribution >= 4 is 75.1 Å². The van der Waals surface area contributed by atoms with E-state index in [-0.39, 0.29) is 34.5 Å². The van der Waals surface area contributed by atoms with E-state index in [0.717, 1.165) is 11.3 Å². The van der Waals surface area contributed by atoms with E-state index in [1.165, 1.54) is 6.21 Å². The number of esters is 1. The van der Waals surface area contributed by atoms with Crippen LogP contribution in [0.25, 0.3) is 5.70 Å². The van der Waals surface area contributed by atoms with Crippen molar-refractivity contribution in [1.82, 2.24) is 4.98 Å². The Morgan fingerprint density at radius 2 is 2.12 bits per heavy atom. The van der Waals surface area contributed by atoms with Crippen molar-refractivity contribution < 1.29 is 9.53 Å². The average molecular weight is 599 g/mol. The largest absolute Gasteiger partial charge is 0.462 e. The number of hydrogen-bond acceptors (Lipinski definition) is 8. The number of anilines is 2. The van der Waals surface area contributed by atoms with Crippen LogP contribution in [0.1, 0.15) is 36.1 Å². The molecule has 1 unspecified atom stereocenters. The van der Waals surface area contributed by atoms with Gasteiger partial charge >= 0.3 is 5.97 Å². The fraction of sp³-hybridized carbons (Fsp3) is 0.182. The van der Waals surface area contributed by atoms with E-state index in [1.807, 2.05) is 19.1 Å². The fourth-order valence-corrected chi connectivity index (χ4v) is 4.40. The molecule has 0 aliphatic heterocycles. The number of ether oxygens (including phenoxy) is 1. The first-order valence-corrected chi connectivity index (χ1v) is 14.2. The number of aliphatic imine (C=N–C) groups is 1. The number of nitrogens with two attached hydrogens (primary N) is 2. The fourth-order valence-electron chi connectivity index (χ4n) is 3.06. The van der Waals surface area contributed by atoms with Gasteiger partial charge in [-0.15, -0.1) is 0 Å². The number of carbonyl (C=O) groups excluding carboxylic acids is 1. The summed E-state index contributed by atoms with van der Waals surface area (Å²) in [5.74, 6) is -0.443. The van der Waals surface area contributed by atoms with Crippen LogP contribution in [0.15, 0.2) is 47.1 Å². The summed E-state index contributed by atoms with van der Waals surface area (Å²) >= 11 is 8.14. The van der Waals surface area contributed by atoms with Gasteiger partial charge in [-0.2, -0.15) is 0 Å². The summed E-state index contributed by atoms with van der Waals surface area (Å²) in [6.45, 7) is 9.31. The molecule has 1 atom stereocenters. The van der Waals surface area contributed by atoms with Gasteiger partial charge in [0.15, 0.2) is 0 Å². The number of rotatable bonds is 9. The lowest BCUT2D eigenvalue weighted by Crippen LogP contribution is -2.16. The number of nitrogens with one attached hydrogen (secondary N) is 2. The van der Waals surface area contributed by atoms with Crippen LogP contribution >= 0.6 is 40.0 Å². The van der Waals surface area contributed by atoms with Gasteiger partial charge in [0.2, 0.25) is 0 Å². The minimum atomic E-state index is -0.648. The van der Waals surface area contributed by atoms with Crippen LogP contribution in [0.2, 0.25) is 5.15 Å². The second kappa shape index (κ2) is 12.1. The molecular formula is C22H25ClIN6O2P. The smallest absolute Gasteiger partial charge is 0.339 e. The highest BCUT2D eigenvalue weighted by atomic mass is 127.